The molecule has 1 aromatic carbocycles. The Morgan fingerprint density at radius 2 is 1.78 bits per heavy atom. The molecule has 2 fully saturated rings. The minimum absolute atomic E-state index is 0.159. The smallest absolute Gasteiger partial charge is 0.239 e. The Labute approximate surface area is 133 Å². The molecule has 2 saturated heterocycles. The van der Waals surface area contributed by atoms with Gasteiger partial charge in [0.25, 0.3) is 0 Å². The highest BCUT2D eigenvalue weighted by atomic mass is 19.2. The molecular weight excluding hydrogens is 304 g/mol. The van der Waals surface area contributed by atoms with Gasteiger partial charge in [-0.25, -0.2) is 8.78 Å². The summed E-state index contributed by atoms with van der Waals surface area (Å²) in [5.74, 6) is -3.16. The van der Waals surface area contributed by atoms with Crippen molar-refractivity contribution in [2.75, 3.05) is 44.7 Å². The number of nitrogens with zero attached hydrogens (tertiary/aromatic N) is 3. The third-order valence-corrected chi connectivity index (χ3v) is 4.53. The van der Waals surface area contributed by atoms with E-state index in [1.165, 1.54) is 11.0 Å². The number of benzene rings is 1. The fourth-order valence-corrected chi connectivity index (χ4v) is 3.07. The van der Waals surface area contributed by atoms with Crippen molar-refractivity contribution < 1.29 is 18.4 Å². The molecule has 0 saturated carbocycles. The summed E-state index contributed by atoms with van der Waals surface area (Å²) in [5.41, 5.74) is 0.294. The van der Waals surface area contributed by atoms with Crippen molar-refractivity contribution in [2.45, 2.75) is 6.42 Å². The molecule has 2 aliphatic heterocycles. The molecule has 7 heteroatoms. The van der Waals surface area contributed by atoms with Crippen LogP contribution in [-0.2, 0) is 9.59 Å². The molecule has 0 radical (unpaired) electrons. The van der Waals surface area contributed by atoms with Crippen molar-refractivity contribution >= 4 is 17.5 Å². The Morgan fingerprint density at radius 3 is 2.43 bits per heavy atom. The van der Waals surface area contributed by atoms with E-state index in [2.05, 4.69) is 4.90 Å². The quantitative estimate of drug-likeness (QED) is 0.766. The maximum Gasteiger partial charge on any atom is 0.239 e. The van der Waals surface area contributed by atoms with Crippen LogP contribution < -0.4 is 4.90 Å². The van der Waals surface area contributed by atoms with Gasteiger partial charge < -0.3 is 14.7 Å². The van der Waals surface area contributed by atoms with Crippen molar-refractivity contribution in [1.29, 1.82) is 0 Å². The number of carbonyl (C=O) groups excluding carboxylic acids is 2. The third kappa shape index (κ3) is 3.06. The van der Waals surface area contributed by atoms with E-state index in [-0.39, 0.29) is 11.8 Å². The highest BCUT2D eigenvalue weighted by Crippen LogP contribution is 2.28. The summed E-state index contributed by atoms with van der Waals surface area (Å²) in [4.78, 5) is 30.3. The first-order valence-corrected chi connectivity index (χ1v) is 7.71. The van der Waals surface area contributed by atoms with E-state index in [1.54, 1.807) is 4.90 Å². The zero-order valence-electron chi connectivity index (χ0n) is 13.0. The van der Waals surface area contributed by atoms with Crippen LogP contribution in [-0.4, -0.2) is 61.4 Å². The Hall–Kier alpha value is -2.02. The lowest BCUT2D eigenvalue weighted by Gasteiger charge is -2.33. The van der Waals surface area contributed by atoms with Gasteiger partial charge in [0.1, 0.15) is 5.92 Å². The van der Waals surface area contributed by atoms with Gasteiger partial charge in [-0.3, -0.25) is 9.59 Å². The first-order valence-electron chi connectivity index (χ1n) is 7.71. The lowest BCUT2D eigenvalue weighted by atomic mass is 10.1. The Morgan fingerprint density at radius 1 is 1.09 bits per heavy atom. The van der Waals surface area contributed by atoms with Gasteiger partial charge in [-0.15, -0.1) is 0 Å². The summed E-state index contributed by atoms with van der Waals surface area (Å²) in [6, 6.07) is 3.35. The van der Waals surface area contributed by atoms with E-state index in [9.17, 15) is 18.4 Å². The monoisotopic (exact) mass is 323 g/mol. The molecule has 23 heavy (non-hydrogen) atoms. The van der Waals surface area contributed by atoms with Gasteiger partial charge in [-0.1, -0.05) is 0 Å². The molecule has 2 heterocycles. The van der Waals surface area contributed by atoms with Crippen LogP contribution in [0.3, 0.4) is 0 Å². The zero-order valence-corrected chi connectivity index (χ0v) is 13.0. The van der Waals surface area contributed by atoms with Crippen LogP contribution in [0.2, 0.25) is 0 Å². The summed E-state index contributed by atoms with van der Waals surface area (Å²) in [6.45, 7) is 3.15. The zero-order chi connectivity index (χ0) is 16.6. The van der Waals surface area contributed by atoms with E-state index in [0.717, 1.165) is 25.2 Å². The Balaban J connectivity index is 1.71. The average molecular weight is 323 g/mol. The highest BCUT2D eigenvalue weighted by Gasteiger charge is 2.40. The van der Waals surface area contributed by atoms with Crippen LogP contribution >= 0.6 is 0 Å². The normalized spacial score (nSPS) is 22.7. The van der Waals surface area contributed by atoms with Crippen LogP contribution in [0.5, 0.6) is 0 Å². The van der Waals surface area contributed by atoms with E-state index >= 15 is 0 Å². The fraction of sp³-hybridized carbons (Fsp3) is 0.500. The second-order valence-electron chi connectivity index (χ2n) is 6.06. The maximum absolute atomic E-state index is 13.4. The lowest BCUT2D eigenvalue weighted by Crippen LogP contribution is -2.50. The molecule has 0 aromatic heterocycles. The highest BCUT2D eigenvalue weighted by molar-refractivity contribution is 6.09. The third-order valence-electron chi connectivity index (χ3n) is 4.53. The van der Waals surface area contributed by atoms with E-state index < -0.39 is 17.6 Å². The molecule has 0 bridgehead atoms. The van der Waals surface area contributed by atoms with Gasteiger partial charge in [0.05, 0.1) is 0 Å². The van der Waals surface area contributed by atoms with Crippen LogP contribution in [0, 0.1) is 17.6 Å². The Kier molecular flexibility index (Phi) is 4.30. The van der Waals surface area contributed by atoms with Crippen molar-refractivity contribution in [3.05, 3.63) is 29.8 Å². The fourth-order valence-electron chi connectivity index (χ4n) is 3.07. The number of likely N-dealkylation sites (N-methyl/N-ethyl adjacent to an activating group) is 1. The minimum atomic E-state index is -0.996. The molecule has 0 spiro atoms. The van der Waals surface area contributed by atoms with Crippen molar-refractivity contribution in [1.82, 2.24) is 9.80 Å². The van der Waals surface area contributed by atoms with E-state index in [4.69, 9.17) is 0 Å². The van der Waals surface area contributed by atoms with Crippen LogP contribution in [0.4, 0.5) is 14.5 Å². The molecule has 1 aromatic rings. The molecule has 0 aliphatic carbocycles. The average Bonchev–Trinajstić information content (AvgIpc) is 2.92. The molecule has 5 nitrogen and oxygen atoms in total. The summed E-state index contributed by atoms with van der Waals surface area (Å²) in [5, 5.41) is 0. The molecule has 1 unspecified atom stereocenters. The second kappa shape index (κ2) is 6.23. The van der Waals surface area contributed by atoms with Gasteiger partial charge in [-0.2, -0.15) is 0 Å². The summed E-state index contributed by atoms with van der Waals surface area (Å²) in [7, 11) is 1.99. The maximum atomic E-state index is 13.4. The SMILES string of the molecule is CN1CCN(C(=O)C2CCN(c3ccc(F)c(F)c3)C2=O)CC1. The van der Waals surface area contributed by atoms with E-state index in [1.807, 2.05) is 7.05 Å². The number of piperazine rings is 1. The number of anilines is 1. The summed E-state index contributed by atoms with van der Waals surface area (Å²) < 4.78 is 26.4. The van der Waals surface area contributed by atoms with Gasteiger partial charge in [0.15, 0.2) is 11.6 Å². The summed E-state index contributed by atoms with van der Waals surface area (Å²) >= 11 is 0. The second-order valence-corrected chi connectivity index (χ2v) is 6.06. The first-order chi connectivity index (χ1) is 11.0. The number of carbonyl (C=O) groups is 2. The van der Waals surface area contributed by atoms with Crippen LogP contribution in [0.1, 0.15) is 6.42 Å². The minimum Gasteiger partial charge on any atom is -0.339 e. The first kappa shape index (κ1) is 15.9. The largest absolute Gasteiger partial charge is 0.339 e. The van der Waals surface area contributed by atoms with Crippen LogP contribution in [0.25, 0.3) is 0 Å². The lowest BCUT2D eigenvalue weighted by molar-refractivity contribution is -0.141. The van der Waals surface area contributed by atoms with Gasteiger partial charge in [0.2, 0.25) is 11.8 Å². The number of hydrogen-bond donors (Lipinski definition) is 0. The van der Waals surface area contributed by atoms with Crippen molar-refractivity contribution in [3.63, 3.8) is 0 Å². The van der Waals surface area contributed by atoms with Crippen molar-refractivity contribution in [2.24, 2.45) is 5.92 Å². The summed E-state index contributed by atoms with van der Waals surface area (Å²) in [6.07, 6.45) is 0.406. The molecular formula is C16H19F2N3O2. The number of rotatable bonds is 2. The van der Waals surface area contributed by atoms with Gasteiger partial charge in [-0.05, 0) is 25.6 Å². The Bertz CT molecular complexity index is 630. The van der Waals surface area contributed by atoms with Crippen LogP contribution in [0.15, 0.2) is 18.2 Å². The number of hydrogen-bond acceptors (Lipinski definition) is 3. The molecule has 2 amide bonds. The number of amides is 2. The van der Waals surface area contributed by atoms with Gasteiger partial charge in [0, 0.05) is 44.5 Å². The molecule has 0 N–H and O–H groups in total. The predicted octanol–water partition coefficient (Wildman–Crippen LogP) is 1.09. The van der Waals surface area contributed by atoms with Gasteiger partial charge >= 0.3 is 0 Å². The molecule has 2 aliphatic rings. The molecule has 124 valence electrons. The molecule has 3 rings (SSSR count). The standard InChI is InChI=1S/C16H19F2N3O2/c1-19-6-8-20(9-7-19)15(22)12-4-5-21(16(12)23)11-2-3-13(17)14(18)10-11/h2-3,10,12H,4-9H2,1H3. The van der Waals surface area contributed by atoms with Crippen molar-refractivity contribution in [3.8, 4) is 0 Å². The predicted molar refractivity (Wildman–Crippen MR) is 80.9 cm³/mol. The number of halogens is 2. The topological polar surface area (TPSA) is 43.9 Å². The molecule has 1 atom stereocenters. The van der Waals surface area contributed by atoms with E-state index in [0.29, 0.717) is 31.7 Å².